The fourth-order valence-corrected chi connectivity index (χ4v) is 2.38. The summed E-state index contributed by atoms with van der Waals surface area (Å²) in [4.78, 5) is 14.0. The van der Waals surface area contributed by atoms with Crippen molar-refractivity contribution in [3.63, 3.8) is 0 Å². The second-order valence-corrected chi connectivity index (χ2v) is 5.86. The SMILES string of the molecule is CC1(C)COCCN1C(=O)c1ccc(Br)cc1F. The van der Waals surface area contributed by atoms with Crippen LogP contribution in [0.1, 0.15) is 24.2 Å². The predicted octanol–water partition coefficient (Wildman–Crippen LogP) is 2.84. The largest absolute Gasteiger partial charge is 0.377 e. The summed E-state index contributed by atoms with van der Waals surface area (Å²) in [5.74, 6) is -0.787. The maximum absolute atomic E-state index is 13.8. The van der Waals surface area contributed by atoms with E-state index >= 15 is 0 Å². The van der Waals surface area contributed by atoms with Crippen LogP contribution < -0.4 is 0 Å². The third kappa shape index (κ3) is 2.57. The Morgan fingerprint density at radius 3 is 2.83 bits per heavy atom. The van der Waals surface area contributed by atoms with Crippen LogP contribution in [0.4, 0.5) is 4.39 Å². The molecule has 1 amide bonds. The van der Waals surface area contributed by atoms with Crippen LogP contribution in [0.5, 0.6) is 0 Å². The number of amides is 1. The summed E-state index contributed by atoms with van der Waals surface area (Å²) >= 11 is 3.18. The first kappa shape index (κ1) is 13.5. The van der Waals surface area contributed by atoms with Gasteiger partial charge in [-0.2, -0.15) is 0 Å². The summed E-state index contributed by atoms with van der Waals surface area (Å²) in [5.41, 5.74) is -0.303. The fourth-order valence-electron chi connectivity index (χ4n) is 2.04. The van der Waals surface area contributed by atoms with Crippen molar-refractivity contribution in [3.8, 4) is 0 Å². The van der Waals surface area contributed by atoms with Crippen molar-refractivity contribution in [1.82, 2.24) is 4.90 Å². The molecule has 2 rings (SSSR count). The number of halogens is 2. The molecule has 0 unspecified atom stereocenters. The van der Waals surface area contributed by atoms with E-state index in [0.717, 1.165) is 0 Å². The van der Waals surface area contributed by atoms with Gasteiger partial charge in [0.1, 0.15) is 5.82 Å². The zero-order chi connectivity index (χ0) is 13.3. The zero-order valence-electron chi connectivity index (χ0n) is 10.4. The second kappa shape index (κ2) is 4.97. The van der Waals surface area contributed by atoms with Crippen LogP contribution in [0.2, 0.25) is 0 Å². The van der Waals surface area contributed by atoms with Gasteiger partial charge in [-0.1, -0.05) is 15.9 Å². The molecule has 3 nitrogen and oxygen atoms in total. The van der Waals surface area contributed by atoms with Gasteiger partial charge in [0.05, 0.1) is 24.3 Å². The van der Waals surface area contributed by atoms with E-state index in [1.807, 2.05) is 13.8 Å². The molecule has 1 aromatic carbocycles. The van der Waals surface area contributed by atoms with Crippen LogP contribution in [0, 0.1) is 5.82 Å². The summed E-state index contributed by atoms with van der Waals surface area (Å²) in [6, 6.07) is 4.48. The lowest BCUT2D eigenvalue weighted by atomic mass is 10.0. The minimum absolute atomic E-state index is 0.105. The summed E-state index contributed by atoms with van der Waals surface area (Å²) in [7, 11) is 0. The Balaban J connectivity index is 2.30. The van der Waals surface area contributed by atoms with Crippen LogP contribution >= 0.6 is 15.9 Å². The molecule has 0 saturated carbocycles. The Labute approximate surface area is 114 Å². The molecule has 5 heteroatoms. The number of morpholine rings is 1. The Morgan fingerprint density at radius 1 is 1.50 bits per heavy atom. The third-order valence-corrected chi connectivity index (χ3v) is 3.55. The average molecular weight is 316 g/mol. The molecule has 18 heavy (non-hydrogen) atoms. The molecule has 98 valence electrons. The summed E-state index contributed by atoms with van der Waals surface area (Å²) in [6.07, 6.45) is 0. The van der Waals surface area contributed by atoms with E-state index in [1.165, 1.54) is 12.1 Å². The summed E-state index contributed by atoms with van der Waals surface area (Å²) < 4.78 is 19.8. The number of ether oxygens (including phenoxy) is 1. The Kier molecular flexibility index (Phi) is 3.73. The van der Waals surface area contributed by atoms with Crippen LogP contribution in [0.25, 0.3) is 0 Å². The minimum Gasteiger partial charge on any atom is -0.377 e. The molecule has 1 aromatic rings. The predicted molar refractivity (Wildman–Crippen MR) is 70.0 cm³/mol. The van der Waals surface area contributed by atoms with Crippen LogP contribution in [0.15, 0.2) is 22.7 Å². The quantitative estimate of drug-likeness (QED) is 0.797. The number of hydrogen-bond acceptors (Lipinski definition) is 2. The monoisotopic (exact) mass is 315 g/mol. The van der Waals surface area contributed by atoms with Gasteiger partial charge in [0.25, 0.3) is 5.91 Å². The van der Waals surface area contributed by atoms with Gasteiger partial charge in [0, 0.05) is 11.0 Å². The molecule has 0 N–H and O–H groups in total. The Bertz CT molecular complexity index is 476. The summed E-state index contributed by atoms with van der Waals surface area (Å²) in [6.45, 7) is 5.28. The second-order valence-electron chi connectivity index (χ2n) is 4.95. The lowest BCUT2D eigenvalue weighted by Crippen LogP contribution is -2.55. The van der Waals surface area contributed by atoms with Crippen LogP contribution in [-0.4, -0.2) is 36.1 Å². The van der Waals surface area contributed by atoms with Crippen molar-refractivity contribution in [1.29, 1.82) is 0 Å². The first-order chi connectivity index (χ1) is 8.42. The van der Waals surface area contributed by atoms with Gasteiger partial charge < -0.3 is 9.64 Å². The Hall–Kier alpha value is -0.940. The molecule has 1 aliphatic heterocycles. The zero-order valence-corrected chi connectivity index (χ0v) is 12.0. The first-order valence-corrected chi connectivity index (χ1v) is 6.56. The van der Waals surface area contributed by atoms with Gasteiger partial charge >= 0.3 is 0 Å². The molecular formula is C13H15BrFNO2. The molecular weight excluding hydrogens is 301 g/mol. The normalized spacial score (nSPS) is 18.8. The molecule has 0 spiro atoms. The van der Waals surface area contributed by atoms with E-state index in [9.17, 15) is 9.18 Å². The van der Waals surface area contributed by atoms with Gasteiger partial charge in [-0.15, -0.1) is 0 Å². The van der Waals surface area contributed by atoms with Crippen molar-refractivity contribution in [3.05, 3.63) is 34.1 Å². The maximum Gasteiger partial charge on any atom is 0.257 e. The van der Waals surface area contributed by atoms with Gasteiger partial charge in [0.2, 0.25) is 0 Å². The fraction of sp³-hybridized carbons (Fsp3) is 0.462. The van der Waals surface area contributed by atoms with Gasteiger partial charge in [-0.3, -0.25) is 4.79 Å². The molecule has 0 atom stereocenters. The number of carbonyl (C=O) groups is 1. The number of nitrogens with zero attached hydrogens (tertiary/aromatic N) is 1. The van der Waals surface area contributed by atoms with Crippen molar-refractivity contribution in [2.75, 3.05) is 19.8 Å². The number of carbonyl (C=O) groups excluding carboxylic acids is 1. The van der Waals surface area contributed by atoms with Crippen LogP contribution in [-0.2, 0) is 4.74 Å². The standard InChI is InChI=1S/C13H15BrFNO2/c1-13(2)8-18-6-5-16(13)12(17)10-4-3-9(14)7-11(10)15/h3-4,7H,5-6,8H2,1-2H3. The van der Waals surface area contributed by atoms with Gasteiger partial charge in [-0.25, -0.2) is 4.39 Å². The lowest BCUT2D eigenvalue weighted by Gasteiger charge is -2.42. The number of benzene rings is 1. The molecule has 1 heterocycles. The summed E-state index contributed by atoms with van der Waals surface area (Å²) in [5, 5.41) is 0. The molecule has 1 aliphatic rings. The lowest BCUT2D eigenvalue weighted by molar-refractivity contribution is -0.0372. The van der Waals surface area contributed by atoms with Crippen molar-refractivity contribution in [2.45, 2.75) is 19.4 Å². The van der Waals surface area contributed by atoms with Crippen LogP contribution in [0.3, 0.4) is 0 Å². The highest BCUT2D eigenvalue weighted by atomic mass is 79.9. The van der Waals surface area contributed by atoms with E-state index in [1.54, 1.807) is 11.0 Å². The molecule has 0 bridgehead atoms. The van der Waals surface area contributed by atoms with E-state index in [2.05, 4.69) is 15.9 Å². The van der Waals surface area contributed by atoms with Crippen molar-refractivity contribution < 1.29 is 13.9 Å². The highest BCUT2D eigenvalue weighted by Gasteiger charge is 2.35. The Morgan fingerprint density at radius 2 is 2.22 bits per heavy atom. The highest BCUT2D eigenvalue weighted by Crippen LogP contribution is 2.24. The molecule has 0 aliphatic carbocycles. The number of hydrogen-bond donors (Lipinski definition) is 0. The minimum atomic E-state index is -0.503. The molecule has 1 fully saturated rings. The maximum atomic E-state index is 13.8. The molecule has 0 radical (unpaired) electrons. The van der Waals surface area contributed by atoms with E-state index in [4.69, 9.17) is 4.74 Å². The van der Waals surface area contributed by atoms with Crippen molar-refractivity contribution >= 4 is 21.8 Å². The van der Waals surface area contributed by atoms with Gasteiger partial charge in [-0.05, 0) is 32.0 Å². The van der Waals surface area contributed by atoms with E-state index in [-0.39, 0.29) is 11.5 Å². The highest BCUT2D eigenvalue weighted by molar-refractivity contribution is 9.10. The smallest absolute Gasteiger partial charge is 0.257 e. The van der Waals surface area contributed by atoms with E-state index in [0.29, 0.717) is 24.2 Å². The van der Waals surface area contributed by atoms with E-state index < -0.39 is 11.4 Å². The first-order valence-electron chi connectivity index (χ1n) is 5.76. The van der Waals surface area contributed by atoms with Gasteiger partial charge in [0.15, 0.2) is 0 Å². The van der Waals surface area contributed by atoms with Crippen molar-refractivity contribution in [2.24, 2.45) is 0 Å². The average Bonchev–Trinajstić information content (AvgIpc) is 2.27. The molecule has 1 saturated heterocycles. The number of rotatable bonds is 1. The topological polar surface area (TPSA) is 29.5 Å². The third-order valence-electron chi connectivity index (χ3n) is 3.05. The molecule has 0 aromatic heterocycles.